The number of rotatable bonds is 11. The molecule has 4 amide bonds. The van der Waals surface area contributed by atoms with Crippen molar-refractivity contribution in [3.8, 4) is 17.6 Å². The van der Waals surface area contributed by atoms with Crippen molar-refractivity contribution in [3.05, 3.63) is 191 Å². The third-order valence-electron chi connectivity index (χ3n) is 13.2. The van der Waals surface area contributed by atoms with Crippen LogP contribution in [0.3, 0.4) is 0 Å². The number of morpholine rings is 1. The first kappa shape index (κ1) is 44.0. The molecule has 0 unspecified atom stereocenters. The number of cyclic esters (lactones) is 1. The fraction of sp³-hybridized carbons (Fsp3) is 0.273. The lowest BCUT2D eigenvalue weighted by molar-refractivity contribution is -0.178. The number of nitrogens with one attached hydrogen (secondary N) is 2. The van der Waals surface area contributed by atoms with Crippen LogP contribution in [0, 0.1) is 17.8 Å². The predicted octanol–water partition coefficient (Wildman–Crippen LogP) is 8.35. The van der Waals surface area contributed by atoms with Gasteiger partial charge in [0.15, 0.2) is 0 Å². The lowest BCUT2D eigenvalue weighted by Gasteiger charge is -2.46. The molecule has 2 saturated heterocycles. The van der Waals surface area contributed by atoms with E-state index in [1.807, 2.05) is 121 Å². The first-order valence-corrected chi connectivity index (χ1v) is 22.6. The van der Waals surface area contributed by atoms with E-state index in [1.165, 1.54) is 0 Å². The van der Waals surface area contributed by atoms with Crippen molar-refractivity contribution in [3.63, 3.8) is 0 Å². The number of carbonyl (C=O) groups excluding carboxylic acids is 4. The van der Waals surface area contributed by atoms with E-state index in [2.05, 4.69) is 35.1 Å². The van der Waals surface area contributed by atoms with Gasteiger partial charge in [0.25, 0.3) is 0 Å². The van der Waals surface area contributed by atoms with Gasteiger partial charge in [-0.1, -0.05) is 127 Å². The molecule has 66 heavy (non-hydrogen) atoms. The van der Waals surface area contributed by atoms with Gasteiger partial charge in [0, 0.05) is 12.1 Å². The zero-order valence-corrected chi connectivity index (χ0v) is 36.8. The van der Waals surface area contributed by atoms with Crippen molar-refractivity contribution in [2.24, 2.45) is 5.92 Å². The number of anilines is 1. The predicted molar refractivity (Wildman–Crippen MR) is 251 cm³/mol. The number of urea groups is 1. The van der Waals surface area contributed by atoms with Gasteiger partial charge in [0.05, 0.1) is 36.3 Å². The lowest BCUT2D eigenvalue weighted by atomic mass is 9.65. The molecule has 334 valence electrons. The molecule has 2 fully saturated rings. The summed E-state index contributed by atoms with van der Waals surface area (Å²) in [5, 5.41) is 15.6. The normalized spacial score (nSPS) is 23.6. The van der Waals surface area contributed by atoms with E-state index in [4.69, 9.17) is 9.47 Å². The van der Waals surface area contributed by atoms with Crippen LogP contribution in [0.1, 0.15) is 90.2 Å². The Morgan fingerprint density at radius 3 is 2.24 bits per heavy atom. The zero-order valence-electron chi connectivity index (χ0n) is 36.8. The van der Waals surface area contributed by atoms with Crippen LogP contribution in [0.5, 0.6) is 5.75 Å². The number of carbonyl (C=O) groups is 4. The van der Waals surface area contributed by atoms with E-state index in [0.717, 1.165) is 52.8 Å². The van der Waals surface area contributed by atoms with Crippen molar-refractivity contribution in [2.75, 3.05) is 24.7 Å². The topological polar surface area (TPSA) is 138 Å². The molecule has 4 aliphatic rings. The first-order valence-electron chi connectivity index (χ1n) is 22.6. The molecule has 0 aromatic heterocycles. The van der Waals surface area contributed by atoms with Gasteiger partial charge < -0.3 is 25.2 Å². The Labute approximate surface area is 385 Å². The van der Waals surface area contributed by atoms with E-state index in [9.17, 15) is 5.11 Å². The summed E-state index contributed by atoms with van der Waals surface area (Å²) in [6.45, 7) is 5.61. The quantitative estimate of drug-likeness (QED) is 0.0685. The number of fused-ring (bicyclic) bond motifs is 3. The molecule has 11 heteroatoms. The molecule has 3 aliphatic heterocycles. The number of aliphatic hydroxyl groups excluding tert-OH is 1. The lowest BCUT2D eigenvalue weighted by Crippen LogP contribution is -2.56. The summed E-state index contributed by atoms with van der Waals surface area (Å²) < 4.78 is 12.4. The van der Waals surface area contributed by atoms with Crippen LogP contribution in [0.4, 0.5) is 10.5 Å². The standard InChI is InChI=1S/C55H52N4O7/c1-3-32-56-51(61)46-48-52(62)66-49(41-22-14-7-15-23-41)47(40-20-12-6-13-21-40)59(48)50(42-27-29-43(30-28-42)65-34-33-60)55(46)44-35-38(25-24-37-16-8-4-9-17-37)26-31-45(44)58(53(55)63)54(64)57-36(2)39-18-10-5-11-19-39/h3,5-7,10-16,18-23,26-31,35-36,46-50,60H,1,4,8-9,17,32-34H2,2H3,(H,56,61)(H,57,64)/t36-,46+,47+,48+,49-,50-,55+/m1/s1. The highest BCUT2D eigenvalue weighted by molar-refractivity contribution is 6.24. The number of aliphatic hydroxyl groups is 1. The molecule has 9 rings (SSSR count). The maximum absolute atomic E-state index is 16.5. The number of benzene rings is 5. The van der Waals surface area contributed by atoms with Gasteiger partial charge in [0.1, 0.15) is 29.9 Å². The zero-order chi connectivity index (χ0) is 45.8. The highest BCUT2D eigenvalue weighted by Crippen LogP contribution is 2.66. The molecule has 7 atom stereocenters. The van der Waals surface area contributed by atoms with Gasteiger partial charge in [-0.3, -0.25) is 19.3 Å². The first-order chi connectivity index (χ1) is 32.3. The maximum Gasteiger partial charge on any atom is 0.329 e. The second-order valence-electron chi connectivity index (χ2n) is 17.1. The minimum Gasteiger partial charge on any atom is -0.491 e. The number of ether oxygens (including phenoxy) is 2. The third kappa shape index (κ3) is 7.97. The summed E-state index contributed by atoms with van der Waals surface area (Å²) in [6.07, 6.45) is 6.79. The Kier molecular flexibility index (Phi) is 12.7. The molecule has 5 aromatic rings. The number of nitrogens with zero attached hydrogens (tertiary/aromatic N) is 2. The van der Waals surface area contributed by atoms with Crippen LogP contribution >= 0.6 is 0 Å². The molecular formula is C55H52N4O7. The number of hydrogen-bond acceptors (Lipinski definition) is 8. The van der Waals surface area contributed by atoms with Crippen molar-refractivity contribution in [1.82, 2.24) is 15.5 Å². The van der Waals surface area contributed by atoms with Crippen LogP contribution in [0.15, 0.2) is 158 Å². The summed E-state index contributed by atoms with van der Waals surface area (Å²) >= 11 is 0. The highest BCUT2D eigenvalue weighted by Gasteiger charge is 2.75. The molecular weight excluding hydrogens is 829 g/mol. The number of esters is 1. The summed E-state index contributed by atoms with van der Waals surface area (Å²) in [7, 11) is 0. The van der Waals surface area contributed by atoms with Gasteiger partial charge in [-0.25, -0.2) is 9.69 Å². The maximum atomic E-state index is 16.5. The van der Waals surface area contributed by atoms with E-state index < -0.39 is 65.4 Å². The molecule has 0 saturated carbocycles. The van der Waals surface area contributed by atoms with Gasteiger partial charge >= 0.3 is 12.0 Å². The Bertz CT molecular complexity index is 2710. The minimum absolute atomic E-state index is 0.0456. The number of hydrogen-bond donors (Lipinski definition) is 3. The summed E-state index contributed by atoms with van der Waals surface area (Å²) in [5.74, 6) is 3.80. The van der Waals surface area contributed by atoms with Gasteiger partial charge in [-0.05, 0) is 96.3 Å². The van der Waals surface area contributed by atoms with Crippen molar-refractivity contribution >= 4 is 29.5 Å². The van der Waals surface area contributed by atoms with Gasteiger partial charge in [0.2, 0.25) is 11.8 Å². The van der Waals surface area contributed by atoms with Gasteiger partial charge in [-0.2, -0.15) is 0 Å². The average molecular weight is 881 g/mol. The molecule has 3 heterocycles. The van der Waals surface area contributed by atoms with Crippen LogP contribution in [0.2, 0.25) is 0 Å². The van der Waals surface area contributed by atoms with Crippen LogP contribution in [0.25, 0.3) is 0 Å². The Hall–Kier alpha value is -7.26. The van der Waals surface area contributed by atoms with E-state index >= 15 is 19.2 Å². The van der Waals surface area contributed by atoms with Crippen molar-refractivity contribution in [1.29, 1.82) is 0 Å². The van der Waals surface area contributed by atoms with Crippen molar-refractivity contribution < 1.29 is 33.8 Å². The number of allylic oxidation sites excluding steroid dienone is 2. The average Bonchev–Trinajstić information content (AvgIpc) is 3.82. The van der Waals surface area contributed by atoms with E-state index in [-0.39, 0.29) is 25.4 Å². The molecule has 3 N–H and O–H groups in total. The SMILES string of the molecule is C=CCNC(=O)[C@@H]1[C@H]2C(=O)O[C@H](c3ccccc3)[C@H](c3ccccc3)N2[C@H](c2ccc(OCCO)cc2)[C@@]12C(=O)N(C(=O)N[C@H](C)c1ccccc1)c1ccc(C#CC3=CCCCC3)cc12. The summed E-state index contributed by atoms with van der Waals surface area (Å²) in [6, 6.07) is 36.7. The Morgan fingerprint density at radius 1 is 0.879 bits per heavy atom. The van der Waals surface area contributed by atoms with Crippen LogP contribution in [-0.4, -0.2) is 59.6 Å². The monoisotopic (exact) mass is 880 g/mol. The largest absolute Gasteiger partial charge is 0.491 e. The Balaban J connectivity index is 1.33. The smallest absolute Gasteiger partial charge is 0.329 e. The third-order valence-corrected chi connectivity index (χ3v) is 13.2. The molecule has 1 aliphatic carbocycles. The fourth-order valence-corrected chi connectivity index (χ4v) is 10.4. The highest BCUT2D eigenvalue weighted by atomic mass is 16.6. The van der Waals surface area contributed by atoms with Crippen molar-refractivity contribution in [2.45, 2.75) is 68.3 Å². The molecule has 1 spiro atoms. The molecule has 5 aromatic carbocycles. The fourth-order valence-electron chi connectivity index (χ4n) is 10.4. The second kappa shape index (κ2) is 19.1. The summed E-state index contributed by atoms with van der Waals surface area (Å²) in [4.78, 5) is 65.2. The summed E-state index contributed by atoms with van der Waals surface area (Å²) in [5.41, 5.74) is 3.26. The molecule has 0 radical (unpaired) electrons. The van der Waals surface area contributed by atoms with Crippen LogP contribution < -0.4 is 20.3 Å². The molecule has 11 nitrogen and oxygen atoms in total. The van der Waals surface area contributed by atoms with E-state index in [1.54, 1.807) is 30.3 Å². The van der Waals surface area contributed by atoms with Crippen LogP contribution in [-0.2, 0) is 24.5 Å². The number of amides is 4. The Morgan fingerprint density at radius 2 is 1.58 bits per heavy atom. The molecule has 0 bridgehead atoms. The number of imide groups is 1. The van der Waals surface area contributed by atoms with E-state index in [0.29, 0.717) is 22.4 Å². The van der Waals surface area contributed by atoms with Gasteiger partial charge in [-0.15, -0.1) is 6.58 Å². The second-order valence-corrected chi connectivity index (χ2v) is 17.1. The minimum atomic E-state index is -1.94.